The Bertz CT molecular complexity index is 508. The fraction of sp³-hybridized carbons (Fsp3) is 0.462. The largest absolute Gasteiger partial charge is 0.495 e. The number of carbonyl (C=O) groups is 1. The van der Waals surface area contributed by atoms with Crippen LogP contribution < -0.4 is 9.47 Å². The molecule has 2 rings (SSSR count). The molecule has 0 aliphatic heterocycles. The molecule has 0 aromatic heterocycles. The summed E-state index contributed by atoms with van der Waals surface area (Å²) in [5.41, 5.74) is -0.566. The lowest BCUT2D eigenvalue weighted by atomic mass is 9.67. The Kier molecular flexibility index (Phi) is 3.73. The van der Waals surface area contributed by atoms with Gasteiger partial charge in [0.15, 0.2) is 0 Å². The maximum atomic E-state index is 10.9. The molecule has 1 aromatic carbocycles. The van der Waals surface area contributed by atoms with Gasteiger partial charge in [-0.2, -0.15) is 0 Å². The Morgan fingerprint density at radius 2 is 2.00 bits per heavy atom. The molecule has 0 atom stereocenters. The van der Waals surface area contributed by atoms with Crippen LogP contribution in [0, 0.1) is 5.92 Å². The van der Waals surface area contributed by atoms with Crippen molar-refractivity contribution in [1.82, 2.24) is 0 Å². The van der Waals surface area contributed by atoms with E-state index in [-0.39, 0.29) is 12.8 Å². The number of aliphatic hydroxyl groups is 1. The molecule has 0 radical (unpaired) electrons. The molecule has 19 heavy (non-hydrogen) atoms. The average Bonchev–Trinajstić information content (AvgIpc) is 2.34. The van der Waals surface area contributed by atoms with Gasteiger partial charge in [0.2, 0.25) is 0 Å². The highest BCUT2D eigenvalue weighted by Gasteiger charge is 2.49. The molecule has 0 heterocycles. The van der Waals surface area contributed by atoms with E-state index >= 15 is 0 Å². The Balaban J connectivity index is 2.36. The lowest BCUT2D eigenvalue weighted by Gasteiger charge is -2.42. The van der Waals surface area contributed by atoms with Gasteiger partial charge >= 0.3 is 5.97 Å². The minimum Gasteiger partial charge on any atom is -0.495 e. The van der Waals surface area contributed by atoms with E-state index in [1.54, 1.807) is 12.1 Å². The molecule has 0 saturated heterocycles. The third kappa shape index (κ3) is 2.30. The van der Waals surface area contributed by atoms with Gasteiger partial charge in [0.05, 0.1) is 25.7 Å². The molecule has 0 bridgehead atoms. The molecule has 1 saturated carbocycles. The van der Waals surface area contributed by atoms with Crippen LogP contribution in [0.15, 0.2) is 16.6 Å². The van der Waals surface area contributed by atoms with E-state index in [1.807, 2.05) is 0 Å². The SMILES string of the molecule is COc1ccc(C2(O)CC(C(=O)O)C2)c(OC)c1Br. The maximum absolute atomic E-state index is 10.9. The summed E-state index contributed by atoms with van der Waals surface area (Å²) in [4.78, 5) is 10.9. The highest BCUT2D eigenvalue weighted by molar-refractivity contribution is 9.10. The zero-order valence-corrected chi connectivity index (χ0v) is 12.2. The van der Waals surface area contributed by atoms with Crippen molar-refractivity contribution < 1.29 is 24.5 Å². The van der Waals surface area contributed by atoms with Crippen LogP contribution in [-0.4, -0.2) is 30.4 Å². The first kappa shape index (κ1) is 14.1. The summed E-state index contributed by atoms with van der Waals surface area (Å²) in [5, 5.41) is 19.4. The van der Waals surface area contributed by atoms with Crippen LogP contribution in [0.25, 0.3) is 0 Å². The van der Waals surface area contributed by atoms with Gasteiger partial charge in [0.1, 0.15) is 16.0 Å². The van der Waals surface area contributed by atoms with E-state index in [0.29, 0.717) is 21.5 Å². The Morgan fingerprint density at radius 3 is 2.47 bits per heavy atom. The second-order valence-electron chi connectivity index (χ2n) is 4.64. The van der Waals surface area contributed by atoms with E-state index in [2.05, 4.69) is 15.9 Å². The van der Waals surface area contributed by atoms with Crippen molar-refractivity contribution in [3.8, 4) is 11.5 Å². The number of ether oxygens (including phenoxy) is 2. The molecule has 6 heteroatoms. The second-order valence-corrected chi connectivity index (χ2v) is 5.43. The zero-order chi connectivity index (χ0) is 14.2. The lowest BCUT2D eigenvalue weighted by Crippen LogP contribution is -2.44. The highest BCUT2D eigenvalue weighted by atomic mass is 79.9. The topological polar surface area (TPSA) is 76.0 Å². The number of hydrogen-bond donors (Lipinski definition) is 2. The second kappa shape index (κ2) is 5.02. The molecule has 0 amide bonds. The zero-order valence-electron chi connectivity index (χ0n) is 10.6. The van der Waals surface area contributed by atoms with E-state index < -0.39 is 17.5 Å². The summed E-state index contributed by atoms with van der Waals surface area (Å²) in [5.74, 6) is -0.309. The summed E-state index contributed by atoms with van der Waals surface area (Å²) in [6.07, 6.45) is 0.384. The molecule has 2 N–H and O–H groups in total. The molecular weight excluding hydrogens is 316 g/mol. The maximum Gasteiger partial charge on any atom is 0.306 e. The van der Waals surface area contributed by atoms with Gasteiger partial charge in [-0.05, 0) is 40.9 Å². The van der Waals surface area contributed by atoms with Gasteiger partial charge < -0.3 is 19.7 Å². The number of hydrogen-bond acceptors (Lipinski definition) is 4. The van der Waals surface area contributed by atoms with Crippen LogP contribution in [-0.2, 0) is 10.4 Å². The van der Waals surface area contributed by atoms with E-state index in [1.165, 1.54) is 14.2 Å². The number of methoxy groups -OCH3 is 2. The average molecular weight is 331 g/mol. The molecule has 5 nitrogen and oxygen atoms in total. The molecule has 0 unspecified atom stereocenters. The van der Waals surface area contributed by atoms with Crippen molar-refractivity contribution in [2.75, 3.05) is 14.2 Å². The first-order valence-corrected chi connectivity index (χ1v) is 6.58. The Hall–Kier alpha value is -1.27. The van der Waals surface area contributed by atoms with Crippen molar-refractivity contribution in [3.63, 3.8) is 0 Å². The minimum atomic E-state index is -1.15. The number of aliphatic carboxylic acids is 1. The number of carboxylic acids is 1. The van der Waals surface area contributed by atoms with Gasteiger partial charge in [-0.1, -0.05) is 0 Å². The number of carboxylic acid groups (broad SMARTS) is 1. The number of rotatable bonds is 4. The predicted molar refractivity (Wildman–Crippen MR) is 71.5 cm³/mol. The summed E-state index contributed by atoms with van der Waals surface area (Å²) < 4.78 is 11.1. The van der Waals surface area contributed by atoms with Crippen molar-refractivity contribution in [2.24, 2.45) is 5.92 Å². The van der Waals surface area contributed by atoms with Crippen LogP contribution in [0.3, 0.4) is 0 Å². The van der Waals surface area contributed by atoms with Gasteiger partial charge in [-0.3, -0.25) is 4.79 Å². The van der Waals surface area contributed by atoms with Crippen LogP contribution in [0.2, 0.25) is 0 Å². The fourth-order valence-corrected chi connectivity index (χ4v) is 3.08. The van der Waals surface area contributed by atoms with Gasteiger partial charge in [0.25, 0.3) is 0 Å². The molecule has 1 aliphatic rings. The first-order valence-electron chi connectivity index (χ1n) is 5.79. The van der Waals surface area contributed by atoms with Crippen molar-refractivity contribution in [3.05, 3.63) is 22.2 Å². The third-order valence-corrected chi connectivity index (χ3v) is 4.26. The lowest BCUT2D eigenvalue weighted by molar-refractivity contribution is -0.159. The van der Waals surface area contributed by atoms with Crippen LogP contribution in [0.4, 0.5) is 0 Å². The van der Waals surface area contributed by atoms with Crippen molar-refractivity contribution >= 4 is 21.9 Å². The summed E-state index contributed by atoms with van der Waals surface area (Å²) in [6.45, 7) is 0. The quantitative estimate of drug-likeness (QED) is 0.884. The minimum absolute atomic E-state index is 0.192. The van der Waals surface area contributed by atoms with Crippen LogP contribution in [0.1, 0.15) is 18.4 Å². The molecule has 1 aromatic rings. The highest BCUT2D eigenvalue weighted by Crippen LogP contribution is 2.51. The first-order chi connectivity index (χ1) is 8.92. The van der Waals surface area contributed by atoms with Gasteiger partial charge in [-0.15, -0.1) is 0 Å². The monoisotopic (exact) mass is 330 g/mol. The van der Waals surface area contributed by atoms with Gasteiger partial charge in [-0.25, -0.2) is 0 Å². The molecular formula is C13H15BrO5. The summed E-state index contributed by atoms with van der Waals surface area (Å²) >= 11 is 3.36. The van der Waals surface area contributed by atoms with Crippen molar-refractivity contribution in [1.29, 1.82) is 0 Å². The van der Waals surface area contributed by atoms with Crippen LogP contribution in [0.5, 0.6) is 11.5 Å². The predicted octanol–water partition coefficient (Wildman–Crippen LogP) is 2.15. The smallest absolute Gasteiger partial charge is 0.306 e. The summed E-state index contributed by atoms with van der Waals surface area (Å²) in [6, 6.07) is 3.43. The molecule has 1 fully saturated rings. The van der Waals surface area contributed by atoms with E-state index in [4.69, 9.17) is 14.6 Å². The van der Waals surface area contributed by atoms with Gasteiger partial charge in [0, 0.05) is 5.56 Å². The van der Waals surface area contributed by atoms with E-state index in [9.17, 15) is 9.90 Å². The standard InChI is InChI=1S/C13H15BrO5/c1-18-9-4-3-8(11(19-2)10(9)14)13(17)5-7(6-13)12(15)16/h3-4,7,17H,5-6H2,1-2H3,(H,15,16). The molecule has 1 aliphatic carbocycles. The number of halogens is 1. The third-order valence-electron chi connectivity index (χ3n) is 3.50. The van der Waals surface area contributed by atoms with E-state index in [0.717, 1.165) is 0 Å². The Morgan fingerprint density at radius 1 is 1.37 bits per heavy atom. The van der Waals surface area contributed by atoms with Crippen molar-refractivity contribution in [2.45, 2.75) is 18.4 Å². The normalized spacial score (nSPS) is 25.6. The fourth-order valence-electron chi connectivity index (χ4n) is 2.41. The van der Waals surface area contributed by atoms with Crippen LogP contribution >= 0.6 is 15.9 Å². The number of benzene rings is 1. The molecule has 0 spiro atoms. The Labute approximate surface area is 119 Å². The summed E-state index contributed by atoms with van der Waals surface area (Å²) in [7, 11) is 3.04. The molecule has 104 valence electrons.